The van der Waals surface area contributed by atoms with Crippen molar-refractivity contribution in [3.63, 3.8) is 0 Å². The highest BCUT2D eigenvalue weighted by Crippen LogP contribution is 2.60. The van der Waals surface area contributed by atoms with Gasteiger partial charge in [-0.15, -0.1) is 0 Å². The van der Waals surface area contributed by atoms with Crippen LogP contribution in [0.4, 0.5) is 0 Å². The molecule has 4 atom stereocenters. The molecule has 2 aliphatic rings. The molecule has 2 aliphatic carbocycles. The Bertz CT molecular complexity index is 588. The highest BCUT2D eigenvalue weighted by atomic mass is 16.4. The summed E-state index contributed by atoms with van der Waals surface area (Å²) in [7, 11) is 0. The van der Waals surface area contributed by atoms with Crippen LogP contribution in [0.25, 0.3) is 0 Å². The van der Waals surface area contributed by atoms with E-state index in [0.29, 0.717) is 5.92 Å². The van der Waals surface area contributed by atoms with Crippen molar-refractivity contribution in [2.24, 2.45) is 22.7 Å². The molecule has 0 bridgehead atoms. The summed E-state index contributed by atoms with van der Waals surface area (Å²) in [5.41, 5.74) is 1.53. The summed E-state index contributed by atoms with van der Waals surface area (Å²) < 4.78 is 0. The van der Waals surface area contributed by atoms with Crippen LogP contribution in [0.15, 0.2) is 23.3 Å². The van der Waals surface area contributed by atoms with Gasteiger partial charge in [0.1, 0.15) is 0 Å². The van der Waals surface area contributed by atoms with Gasteiger partial charge in [-0.05, 0) is 70.1 Å². The second kappa shape index (κ2) is 6.73. The number of fused-ring (bicyclic) bond motifs is 1. The van der Waals surface area contributed by atoms with E-state index in [1.165, 1.54) is 11.6 Å². The molecule has 0 saturated heterocycles. The molecule has 0 radical (unpaired) electrons. The molecule has 0 aromatic rings. The number of carbonyl (C=O) groups is 2. The molecule has 0 aromatic heterocycles. The molecule has 0 heterocycles. The fraction of sp³-hybridized carbons (Fsp3) is 0.700. The van der Waals surface area contributed by atoms with Gasteiger partial charge in [-0.2, -0.15) is 0 Å². The lowest BCUT2D eigenvalue weighted by Crippen LogP contribution is -2.52. The van der Waals surface area contributed by atoms with E-state index in [0.717, 1.165) is 44.1 Å². The number of carboxylic acids is 2. The molecular formula is C20H30O4. The van der Waals surface area contributed by atoms with Crippen molar-refractivity contribution in [2.75, 3.05) is 0 Å². The average Bonchev–Trinajstić information content (AvgIpc) is 2.45. The standard InChI is InChI=1S/C20H30O4/c1-13(12-17(21)22)6-8-15-14(2)7-9-16-19(15,3)10-5-11-20(16,4)18(23)24/h7,12,15-16H,5-6,8-11H2,1-4H3,(H,21,22)(H,23,24). The van der Waals surface area contributed by atoms with E-state index in [-0.39, 0.29) is 11.3 Å². The van der Waals surface area contributed by atoms with E-state index >= 15 is 0 Å². The van der Waals surface area contributed by atoms with Crippen LogP contribution in [0.1, 0.15) is 66.2 Å². The van der Waals surface area contributed by atoms with Crippen LogP contribution in [0.3, 0.4) is 0 Å². The van der Waals surface area contributed by atoms with E-state index in [4.69, 9.17) is 5.11 Å². The van der Waals surface area contributed by atoms with Gasteiger partial charge in [-0.25, -0.2) is 4.79 Å². The molecule has 2 rings (SSSR count). The zero-order valence-corrected chi connectivity index (χ0v) is 15.3. The predicted octanol–water partition coefficient (Wildman–Crippen LogP) is 4.66. The number of carboxylic acid groups (broad SMARTS) is 2. The van der Waals surface area contributed by atoms with Crippen LogP contribution in [0.5, 0.6) is 0 Å². The molecule has 4 unspecified atom stereocenters. The Hall–Kier alpha value is -1.58. The van der Waals surface area contributed by atoms with Crippen molar-refractivity contribution in [3.8, 4) is 0 Å². The normalized spacial score (nSPS) is 36.7. The van der Waals surface area contributed by atoms with Crippen LogP contribution < -0.4 is 0 Å². The van der Waals surface area contributed by atoms with E-state index in [2.05, 4.69) is 19.9 Å². The fourth-order valence-corrected chi connectivity index (χ4v) is 5.29. The maximum Gasteiger partial charge on any atom is 0.328 e. The number of rotatable bonds is 5. The smallest absolute Gasteiger partial charge is 0.328 e. The third kappa shape index (κ3) is 3.28. The van der Waals surface area contributed by atoms with Gasteiger partial charge in [0.2, 0.25) is 0 Å². The molecule has 4 heteroatoms. The zero-order valence-electron chi connectivity index (χ0n) is 15.3. The van der Waals surface area contributed by atoms with Gasteiger partial charge in [0.25, 0.3) is 0 Å². The maximum atomic E-state index is 12.0. The van der Waals surface area contributed by atoms with Crippen molar-refractivity contribution in [2.45, 2.75) is 66.2 Å². The molecule has 0 aliphatic heterocycles. The van der Waals surface area contributed by atoms with Gasteiger partial charge >= 0.3 is 11.9 Å². The highest BCUT2D eigenvalue weighted by molar-refractivity contribution is 5.80. The number of allylic oxidation sites excluding steroid dienone is 3. The molecule has 1 fully saturated rings. The van der Waals surface area contributed by atoms with Gasteiger partial charge in [-0.1, -0.05) is 30.6 Å². The monoisotopic (exact) mass is 334 g/mol. The molecule has 0 aromatic carbocycles. The summed E-state index contributed by atoms with van der Waals surface area (Å²) in [6, 6.07) is 0. The minimum atomic E-state index is -0.899. The average molecular weight is 334 g/mol. The van der Waals surface area contributed by atoms with Crippen molar-refractivity contribution < 1.29 is 19.8 Å². The summed E-state index contributed by atoms with van der Waals surface area (Å²) in [5, 5.41) is 18.7. The fourth-order valence-electron chi connectivity index (χ4n) is 5.29. The van der Waals surface area contributed by atoms with Crippen molar-refractivity contribution in [1.29, 1.82) is 0 Å². The van der Waals surface area contributed by atoms with Crippen LogP contribution in [0.2, 0.25) is 0 Å². The topological polar surface area (TPSA) is 74.6 Å². The minimum absolute atomic E-state index is 0.0201. The van der Waals surface area contributed by atoms with Crippen molar-refractivity contribution >= 4 is 11.9 Å². The maximum absolute atomic E-state index is 12.0. The Balaban J connectivity index is 2.28. The van der Waals surface area contributed by atoms with Crippen molar-refractivity contribution in [1.82, 2.24) is 0 Å². The zero-order chi connectivity index (χ0) is 18.1. The second-order valence-corrected chi connectivity index (χ2v) is 8.24. The van der Waals surface area contributed by atoms with Gasteiger partial charge < -0.3 is 10.2 Å². The number of hydrogen-bond donors (Lipinski definition) is 2. The first-order chi connectivity index (χ1) is 11.1. The first-order valence-electron chi connectivity index (χ1n) is 8.91. The van der Waals surface area contributed by atoms with Gasteiger partial charge in [0.15, 0.2) is 0 Å². The molecule has 0 amide bonds. The van der Waals surface area contributed by atoms with E-state index in [1.54, 1.807) is 0 Å². The largest absolute Gasteiger partial charge is 0.481 e. The SMILES string of the molecule is CC(=CC(=O)O)CCC1C(C)=CCC2C(C)(C(=O)O)CCCC12C. The van der Waals surface area contributed by atoms with Crippen LogP contribution in [0, 0.1) is 22.7 Å². The Morgan fingerprint density at radius 1 is 1.29 bits per heavy atom. The summed E-state index contributed by atoms with van der Waals surface area (Å²) in [6.07, 6.45) is 8.73. The lowest BCUT2D eigenvalue weighted by atomic mass is 9.47. The summed E-state index contributed by atoms with van der Waals surface area (Å²) in [6.45, 7) is 8.18. The number of aliphatic carboxylic acids is 2. The molecule has 1 saturated carbocycles. The van der Waals surface area contributed by atoms with Gasteiger partial charge in [0.05, 0.1) is 5.41 Å². The van der Waals surface area contributed by atoms with Crippen LogP contribution in [-0.2, 0) is 9.59 Å². The first-order valence-corrected chi connectivity index (χ1v) is 8.91. The lowest BCUT2D eigenvalue weighted by molar-refractivity contribution is -0.162. The molecule has 24 heavy (non-hydrogen) atoms. The number of hydrogen-bond acceptors (Lipinski definition) is 2. The molecule has 0 spiro atoms. The molecule has 134 valence electrons. The second-order valence-electron chi connectivity index (χ2n) is 8.24. The lowest BCUT2D eigenvalue weighted by Gasteiger charge is -2.56. The summed E-state index contributed by atoms with van der Waals surface area (Å²) in [5.74, 6) is -1.10. The Labute approximate surface area is 144 Å². The minimum Gasteiger partial charge on any atom is -0.481 e. The van der Waals surface area contributed by atoms with Crippen LogP contribution in [-0.4, -0.2) is 22.2 Å². The Morgan fingerprint density at radius 3 is 2.54 bits per heavy atom. The van der Waals surface area contributed by atoms with Crippen LogP contribution >= 0.6 is 0 Å². The van der Waals surface area contributed by atoms with Crippen molar-refractivity contribution in [3.05, 3.63) is 23.3 Å². The highest BCUT2D eigenvalue weighted by Gasteiger charge is 2.56. The van der Waals surface area contributed by atoms with E-state index in [9.17, 15) is 14.7 Å². The molecule has 4 nitrogen and oxygen atoms in total. The first kappa shape index (κ1) is 18.8. The predicted molar refractivity (Wildman–Crippen MR) is 93.7 cm³/mol. The molecule has 2 N–H and O–H groups in total. The summed E-state index contributed by atoms with van der Waals surface area (Å²) in [4.78, 5) is 22.8. The Kier molecular flexibility index (Phi) is 5.26. The quantitative estimate of drug-likeness (QED) is 0.566. The third-order valence-electron chi connectivity index (χ3n) is 6.68. The summed E-state index contributed by atoms with van der Waals surface area (Å²) >= 11 is 0. The van der Waals surface area contributed by atoms with E-state index in [1.807, 2.05) is 13.8 Å². The molecular weight excluding hydrogens is 304 g/mol. The van der Waals surface area contributed by atoms with Gasteiger partial charge in [0, 0.05) is 6.08 Å². The van der Waals surface area contributed by atoms with Gasteiger partial charge in [-0.3, -0.25) is 4.79 Å². The third-order valence-corrected chi connectivity index (χ3v) is 6.68. The Morgan fingerprint density at radius 2 is 1.96 bits per heavy atom. The van der Waals surface area contributed by atoms with E-state index < -0.39 is 17.4 Å².